The molecule has 2 aromatic rings. The molecule has 0 saturated carbocycles. The molecule has 0 aromatic carbocycles. The maximum atomic E-state index is 11.1. The van der Waals surface area contributed by atoms with Crippen molar-refractivity contribution in [2.24, 2.45) is 7.05 Å². The molecule has 0 unspecified atom stereocenters. The van der Waals surface area contributed by atoms with Crippen LogP contribution in [-0.2, 0) is 7.05 Å². The highest BCUT2D eigenvalue weighted by Crippen LogP contribution is 2.25. The molecule has 90 valence electrons. The van der Waals surface area contributed by atoms with Crippen molar-refractivity contribution in [3.8, 4) is 11.4 Å². The monoisotopic (exact) mass is 233 g/mol. The molecule has 0 aliphatic carbocycles. The summed E-state index contributed by atoms with van der Waals surface area (Å²) in [6.07, 6.45) is 1.84. The molecular weight excluding hydrogens is 218 g/mol. The van der Waals surface area contributed by atoms with Gasteiger partial charge < -0.3 is 9.67 Å². The van der Waals surface area contributed by atoms with Crippen LogP contribution in [0.4, 0.5) is 0 Å². The van der Waals surface area contributed by atoms with Crippen molar-refractivity contribution in [1.82, 2.24) is 14.3 Å². The van der Waals surface area contributed by atoms with Crippen molar-refractivity contribution in [3.63, 3.8) is 0 Å². The summed E-state index contributed by atoms with van der Waals surface area (Å²) in [5, 5.41) is 13.4. The minimum Gasteiger partial charge on any atom is -0.477 e. The lowest BCUT2D eigenvalue weighted by Crippen LogP contribution is -2.11. The average molecular weight is 233 g/mol. The zero-order valence-corrected chi connectivity index (χ0v) is 10.1. The Bertz CT molecular complexity index is 552. The highest BCUT2D eigenvalue weighted by atomic mass is 16.4. The first-order chi connectivity index (χ1) is 8.00. The molecule has 0 spiro atoms. The van der Waals surface area contributed by atoms with Crippen LogP contribution >= 0.6 is 0 Å². The highest BCUT2D eigenvalue weighted by molar-refractivity contribution is 5.87. The Balaban J connectivity index is 2.59. The number of aromatic carboxylic acids is 1. The predicted molar refractivity (Wildman–Crippen MR) is 64.0 cm³/mol. The van der Waals surface area contributed by atoms with Gasteiger partial charge in [-0.2, -0.15) is 5.10 Å². The second kappa shape index (κ2) is 4.08. The van der Waals surface area contributed by atoms with Gasteiger partial charge in [0.2, 0.25) is 0 Å². The first-order valence-corrected chi connectivity index (χ1v) is 5.45. The van der Waals surface area contributed by atoms with Crippen molar-refractivity contribution in [3.05, 3.63) is 30.1 Å². The Hall–Kier alpha value is -2.04. The third-order valence-corrected chi connectivity index (χ3v) is 2.63. The summed E-state index contributed by atoms with van der Waals surface area (Å²) in [6.45, 7) is 3.91. The number of aromatic nitrogens is 3. The van der Waals surface area contributed by atoms with Crippen molar-refractivity contribution >= 4 is 5.97 Å². The molecule has 0 aliphatic heterocycles. The summed E-state index contributed by atoms with van der Waals surface area (Å²) in [7, 11) is 1.84. The number of carbonyl (C=O) groups is 1. The lowest BCUT2D eigenvalue weighted by atomic mass is 10.3. The van der Waals surface area contributed by atoms with Crippen molar-refractivity contribution in [2.45, 2.75) is 19.9 Å². The summed E-state index contributed by atoms with van der Waals surface area (Å²) in [6, 6.07) is 5.37. The van der Waals surface area contributed by atoms with Gasteiger partial charge in [-0.3, -0.25) is 4.68 Å². The van der Waals surface area contributed by atoms with E-state index in [0.29, 0.717) is 5.69 Å². The number of nitrogens with zero attached hydrogens (tertiary/aromatic N) is 3. The fourth-order valence-electron chi connectivity index (χ4n) is 1.94. The van der Waals surface area contributed by atoms with Crippen molar-refractivity contribution in [2.75, 3.05) is 0 Å². The van der Waals surface area contributed by atoms with E-state index in [9.17, 15) is 4.79 Å². The van der Waals surface area contributed by atoms with Crippen LogP contribution in [0.25, 0.3) is 11.4 Å². The van der Waals surface area contributed by atoms with E-state index >= 15 is 0 Å². The fourth-order valence-corrected chi connectivity index (χ4v) is 1.94. The van der Waals surface area contributed by atoms with Gasteiger partial charge in [-0.1, -0.05) is 0 Å². The van der Waals surface area contributed by atoms with Gasteiger partial charge in [0.05, 0.1) is 5.69 Å². The zero-order valence-electron chi connectivity index (χ0n) is 10.1. The molecule has 5 heteroatoms. The molecule has 2 aromatic heterocycles. The Morgan fingerprint density at radius 3 is 2.53 bits per heavy atom. The van der Waals surface area contributed by atoms with E-state index in [1.807, 2.05) is 33.2 Å². The van der Waals surface area contributed by atoms with Gasteiger partial charge >= 0.3 is 5.97 Å². The molecule has 0 fully saturated rings. The van der Waals surface area contributed by atoms with E-state index in [1.165, 1.54) is 0 Å². The molecule has 0 amide bonds. The van der Waals surface area contributed by atoms with E-state index in [-0.39, 0.29) is 6.04 Å². The number of carboxylic acid groups (broad SMARTS) is 1. The predicted octanol–water partition coefficient (Wildman–Crippen LogP) is 2.17. The van der Waals surface area contributed by atoms with Gasteiger partial charge in [-0.15, -0.1) is 0 Å². The normalized spacial score (nSPS) is 11.1. The van der Waals surface area contributed by atoms with E-state index in [4.69, 9.17) is 5.11 Å². The number of hydrogen-bond donors (Lipinski definition) is 1. The first kappa shape index (κ1) is 11.4. The summed E-state index contributed by atoms with van der Waals surface area (Å²) in [4.78, 5) is 11.1. The fraction of sp³-hybridized carbons (Fsp3) is 0.333. The van der Waals surface area contributed by atoms with Crippen molar-refractivity contribution < 1.29 is 9.90 Å². The lowest BCUT2D eigenvalue weighted by Gasteiger charge is -2.14. The third kappa shape index (κ3) is 1.95. The highest BCUT2D eigenvalue weighted by Gasteiger charge is 2.18. The van der Waals surface area contributed by atoms with Crippen LogP contribution in [0.1, 0.15) is 30.4 Å². The van der Waals surface area contributed by atoms with Crippen LogP contribution in [0.3, 0.4) is 0 Å². The maximum absolute atomic E-state index is 11.1. The summed E-state index contributed by atoms with van der Waals surface area (Å²) < 4.78 is 3.48. The molecule has 0 aliphatic rings. The first-order valence-electron chi connectivity index (χ1n) is 5.45. The van der Waals surface area contributed by atoms with Gasteiger partial charge in [-0.25, -0.2) is 4.79 Å². The Morgan fingerprint density at radius 2 is 2.06 bits per heavy atom. The summed E-state index contributed by atoms with van der Waals surface area (Å²) in [5.41, 5.74) is 1.91. The molecule has 2 rings (SSSR count). The van der Waals surface area contributed by atoms with E-state index in [1.54, 1.807) is 21.4 Å². The van der Waals surface area contributed by atoms with Gasteiger partial charge in [0.15, 0.2) is 0 Å². The van der Waals surface area contributed by atoms with Gasteiger partial charge in [0.25, 0.3) is 0 Å². The summed E-state index contributed by atoms with van der Waals surface area (Å²) >= 11 is 0. The zero-order chi connectivity index (χ0) is 12.6. The number of rotatable bonds is 3. The van der Waals surface area contributed by atoms with Crippen LogP contribution in [-0.4, -0.2) is 25.4 Å². The van der Waals surface area contributed by atoms with E-state index in [0.717, 1.165) is 11.4 Å². The molecule has 5 nitrogen and oxygen atoms in total. The molecular formula is C12H15N3O2. The molecule has 17 heavy (non-hydrogen) atoms. The third-order valence-electron chi connectivity index (χ3n) is 2.63. The Morgan fingerprint density at radius 1 is 1.35 bits per heavy atom. The number of hydrogen-bond acceptors (Lipinski definition) is 2. The molecule has 0 bridgehead atoms. The molecule has 1 N–H and O–H groups in total. The second-order valence-electron chi connectivity index (χ2n) is 4.25. The quantitative estimate of drug-likeness (QED) is 0.883. The SMILES string of the molecule is CC(C)n1c(C(=O)O)ccc1-c1ccn(C)n1. The molecule has 0 radical (unpaired) electrons. The smallest absolute Gasteiger partial charge is 0.352 e. The van der Waals surface area contributed by atoms with Crippen LogP contribution in [0.2, 0.25) is 0 Å². The summed E-state index contributed by atoms with van der Waals surface area (Å²) in [5.74, 6) is -0.916. The number of aryl methyl sites for hydroxylation is 1. The van der Waals surface area contributed by atoms with Crippen LogP contribution in [0, 0.1) is 0 Å². The Labute approximate surface area is 99.3 Å². The van der Waals surface area contributed by atoms with Crippen LogP contribution in [0.15, 0.2) is 24.4 Å². The molecule has 2 heterocycles. The maximum Gasteiger partial charge on any atom is 0.352 e. The minimum atomic E-state index is -0.916. The lowest BCUT2D eigenvalue weighted by molar-refractivity contribution is 0.0683. The van der Waals surface area contributed by atoms with Crippen LogP contribution < -0.4 is 0 Å². The molecule has 0 saturated heterocycles. The molecule has 0 atom stereocenters. The second-order valence-corrected chi connectivity index (χ2v) is 4.25. The standard InChI is InChI=1S/C12H15N3O2/c1-8(2)15-10(4-5-11(15)12(16)17)9-6-7-14(3)13-9/h4-8H,1-3H3,(H,16,17). The van der Waals surface area contributed by atoms with E-state index in [2.05, 4.69) is 5.10 Å². The number of carboxylic acids is 1. The van der Waals surface area contributed by atoms with Gasteiger partial charge in [0, 0.05) is 19.3 Å². The minimum absolute atomic E-state index is 0.0770. The Kier molecular flexibility index (Phi) is 2.75. The van der Waals surface area contributed by atoms with E-state index < -0.39 is 5.97 Å². The van der Waals surface area contributed by atoms with Gasteiger partial charge in [0.1, 0.15) is 11.4 Å². The average Bonchev–Trinajstić information content (AvgIpc) is 2.82. The van der Waals surface area contributed by atoms with Gasteiger partial charge in [-0.05, 0) is 32.0 Å². The topological polar surface area (TPSA) is 60.1 Å². The van der Waals surface area contributed by atoms with Crippen molar-refractivity contribution in [1.29, 1.82) is 0 Å². The van der Waals surface area contributed by atoms with Crippen LogP contribution in [0.5, 0.6) is 0 Å². The largest absolute Gasteiger partial charge is 0.477 e.